The maximum absolute atomic E-state index is 14.5. The summed E-state index contributed by atoms with van der Waals surface area (Å²) in [7, 11) is 1.91. The standard InChI is InChI=1S/C30H35NO8/c1-7-34-26(33)20-17(21-22-23(37-28(2,3)36-22)24-27(35-21)39-29(4,5)38-24)14-31(6)30(20)18-13-9-11-15-10-8-12-16(19(15)18)25(30)32/h8-13,17,20-24,27H,7,14H2,1-6H3/t17-,20-,21?,22-,23?,24?,27+,30+/m0/s1. The van der Waals surface area contributed by atoms with Crippen molar-refractivity contribution in [3.8, 4) is 0 Å². The summed E-state index contributed by atoms with van der Waals surface area (Å²) in [6.07, 6.45) is -2.78. The van der Waals surface area contributed by atoms with Gasteiger partial charge in [0.1, 0.15) is 23.9 Å². The Hall–Kier alpha value is -2.40. The predicted molar refractivity (Wildman–Crippen MR) is 139 cm³/mol. The van der Waals surface area contributed by atoms with Gasteiger partial charge in [-0.3, -0.25) is 14.5 Å². The zero-order valence-electron chi connectivity index (χ0n) is 23.1. The molecule has 2 aromatic rings. The molecule has 8 atom stereocenters. The van der Waals surface area contributed by atoms with Crippen molar-refractivity contribution in [1.29, 1.82) is 0 Å². The number of rotatable bonds is 3. The van der Waals surface area contributed by atoms with Gasteiger partial charge in [-0.25, -0.2) is 0 Å². The van der Waals surface area contributed by atoms with Gasteiger partial charge in [0.2, 0.25) is 0 Å². The van der Waals surface area contributed by atoms with Crippen LogP contribution in [0.15, 0.2) is 36.4 Å². The lowest BCUT2D eigenvalue weighted by Gasteiger charge is -2.42. The van der Waals surface area contributed by atoms with E-state index in [0.717, 1.165) is 16.3 Å². The smallest absolute Gasteiger partial charge is 0.312 e. The summed E-state index contributed by atoms with van der Waals surface area (Å²) in [5.41, 5.74) is 0.236. The quantitative estimate of drug-likeness (QED) is 0.547. The van der Waals surface area contributed by atoms with E-state index in [1.165, 1.54) is 0 Å². The van der Waals surface area contributed by atoms with Crippen LogP contribution in [0.5, 0.6) is 0 Å². The molecule has 3 unspecified atom stereocenters. The Morgan fingerprint density at radius 1 is 0.949 bits per heavy atom. The van der Waals surface area contributed by atoms with E-state index < -0.39 is 65.6 Å². The topological polar surface area (TPSA) is 92.8 Å². The fourth-order valence-electron chi connectivity index (χ4n) is 7.83. The molecule has 0 aromatic heterocycles. The van der Waals surface area contributed by atoms with Crippen LogP contribution < -0.4 is 0 Å². The molecule has 0 bridgehead atoms. The SMILES string of the molecule is CCOC(=O)[C@@H]1[C@@H](C2O[C@@H]3OC(C)(C)OC3C3OC(C)(C)O[C@H]32)CN(C)[C@@]12C(=O)c1cccc3cccc2c13. The Morgan fingerprint density at radius 2 is 1.59 bits per heavy atom. The summed E-state index contributed by atoms with van der Waals surface area (Å²) in [5.74, 6) is -3.53. The van der Waals surface area contributed by atoms with Gasteiger partial charge >= 0.3 is 5.97 Å². The second-order valence-corrected chi connectivity index (χ2v) is 12.2. The molecule has 7 rings (SSSR count). The molecule has 0 saturated carbocycles. The van der Waals surface area contributed by atoms with Crippen molar-refractivity contribution in [3.05, 3.63) is 47.5 Å². The average Bonchev–Trinajstić information content (AvgIpc) is 3.55. The number of carbonyl (C=O) groups is 2. The minimum Gasteiger partial charge on any atom is -0.466 e. The number of Topliss-reactive ketones (excluding diaryl/α,β-unsaturated/α-hetero) is 1. The third-order valence-electron chi connectivity index (χ3n) is 9.02. The van der Waals surface area contributed by atoms with Gasteiger partial charge in [-0.1, -0.05) is 36.4 Å². The van der Waals surface area contributed by atoms with Crippen LogP contribution in [0, 0.1) is 11.8 Å². The van der Waals surface area contributed by atoms with Gasteiger partial charge < -0.3 is 28.4 Å². The fourth-order valence-corrected chi connectivity index (χ4v) is 7.83. The van der Waals surface area contributed by atoms with Gasteiger partial charge in [0.15, 0.2) is 23.6 Å². The molecular weight excluding hydrogens is 502 g/mol. The van der Waals surface area contributed by atoms with Crippen molar-refractivity contribution in [2.24, 2.45) is 11.8 Å². The predicted octanol–water partition coefficient (Wildman–Crippen LogP) is 3.37. The molecule has 4 fully saturated rings. The van der Waals surface area contributed by atoms with Gasteiger partial charge in [0.05, 0.1) is 18.6 Å². The zero-order valence-corrected chi connectivity index (χ0v) is 23.1. The lowest BCUT2D eigenvalue weighted by atomic mass is 9.71. The number of esters is 1. The third kappa shape index (κ3) is 3.41. The number of hydrogen-bond acceptors (Lipinski definition) is 9. The summed E-state index contributed by atoms with van der Waals surface area (Å²) in [6, 6.07) is 11.7. The summed E-state index contributed by atoms with van der Waals surface area (Å²) < 4.78 is 37.5. The molecule has 5 aliphatic rings. The summed E-state index contributed by atoms with van der Waals surface area (Å²) in [5, 5.41) is 1.87. The van der Waals surface area contributed by atoms with Crippen molar-refractivity contribution in [3.63, 3.8) is 0 Å². The highest BCUT2D eigenvalue weighted by Crippen LogP contribution is 2.57. The van der Waals surface area contributed by atoms with Crippen molar-refractivity contribution < 1.29 is 38.0 Å². The highest BCUT2D eigenvalue weighted by Gasteiger charge is 2.70. The second kappa shape index (κ2) is 8.31. The van der Waals surface area contributed by atoms with Crippen LogP contribution in [0.25, 0.3) is 10.8 Å². The molecule has 4 saturated heterocycles. The van der Waals surface area contributed by atoms with Crippen LogP contribution >= 0.6 is 0 Å². The van der Waals surface area contributed by atoms with E-state index in [0.29, 0.717) is 12.1 Å². The van der Waals surface area contributed by atoms with E-state index >= 15 is 0 Å². The molecule has 9 heteroatoms. The Kier molecular flexibility index (Phi) is 5.45. The third-order valence-corrected chi connectivity index (χ3v) is 9.02. The fraction of sp³-hybridized carbons (Fsp3) is 0.600. The number of ketones is 1. The number of benzene rings is 2. The van der Waals surface area contributed by atoms with E-state index in [1.54, 1.807) is 6.92 Å². The average molecular weight is 538 g/mol. The Balaban J connectivity index is 1.37. The number of hydrogen-bond donors (Lipinski definition) is 0. The van der Waals surface area contributed by atoms with E-state index in [2.05, 4.69) is 0 Å². The zero-order chi connectivity index (χ0) is 27.5. The molecule has 9 nitrogen and oxygen atoms in total. The lowest BCUT2D eigenvalue weighted by Crippen LogP contribution is -2.59. The Morgan fingerprint density at radius 3 is 2.31 bits per heavy atom. The van der Waals surface area contributed by atoms with Gasteiger partial charge in [-0.2, -0.15) is 0 Å². The Bertz CT molecular complexity index is 1370. The van der Waals surface area contributed by atoms with Crippen molar-refractivity contribution in [2.45, 2.75) is 82.4 Å². The first-order chi connectivity index (χ1) is 18.5. The van der Waals surface area contributed by atoms with Crippen LogP contribution in [0.3, 0.4) is 0 Å². The van der Waals surface area contributed by atoms with Gasteiger partial charge in [-0.05, 0) is 58.0 Å². The van der Waals surface area contributed by atoms with Crippen molar-refractivity contribution >= 4 is 22.5 Å². The molecule has 0 amide bonds. The minimum atomic E-state index is -1.23. The second-order valence-electron chi connectivity index (χ2n) is 12.2. The molecule has 1 spiro atoms. The minimum absolute atomic E-state index is 0.0897. The Labute approximate surface area is 227 Å². The highest BCUT2D eigenvalue weighted by molar-refractivity contribution is 6.21. The molecule has 208 valence electrons. The molecule has 4 aliphatic heterocycles. The summed E-state index contributed by atoms with van der Waals surface area (Å²) in [4.78, 5) is 30.5. The van der Waals surface area contributed by atoms with Crippen molar-refractivity contribution in [1.82, 2.24) is 4.90 Å². The van der Waals surface area contributed by atoms with Crippen LogP contribution in [0.1, 0.15) is 50.5 Å². The maximum atomic E-state index is 14.5. The number of likely N-dealkylation sites (tertiary alicyclic amines) is 1. The lowest BCUT2D eigenvalue weighted by molar-refractivity contribution is -0.247. The normalized spacial score (nSPS) is 39.8. The van der Waals surface area contributed by atoms with Crippen LogP contribution in [0.2, 0.25) is 0 Å². The molecule has 4 heterocycles. The van der Waals surface area contributed by atoms with Crippen molar-refractivity contribution in [2.75, 3.05) is 20.2 Å². The van der Waals surface area contributed by atoms with Crippen LogP contribution in [-0.2, 0) is 38.8 Å². The van der Waals surface area contributed by atoms with E-state index in [9.17, 15) is 9.59 Å². The molecule has 39 heavy (non-hydrogen) atoms. The summed E-state index contributed by atoms with van der Waals surface area (Å²) in [6.45, 7) is 9.81. The van der Waals surface area contributed by atoms with Crippen LogP contribution in [0.4, 0.5) is 0 Å². The first-order valence-electron chi connectivity index (χ1n) is 13.8. The highest BCUT2D eigenvalue weighted by atomic mass is 16.9. The molecule has 2 aromatic carbocycles. The number of nitrogens with zero attached hydrogens (tertiary/aromatic N) is 1. The molecule has 1 aliphatic carbocycles. The van der Waals surface area contributed by atoms with E-state index in [-0.39, 0.29) is 12.4 Å². The number of carbonyl (C=O) groups excluding carboxylic acids is 2. The molecular formula is C30H35NO8. The van der Waals surface area contributed by atoms with E-state index in [1.807, 2.05) is 76.0 Å². The van der Waals surface area contributed by atoms with Crippen LogP contribution in [-0.4, -0.2) is 79.1 Å². The van der Waals surface area contributed by atoms with E-state index in [4.69, 9.17) is 28.4 Å². The van der Waals surface area contributed by atoms with Gasteiger partial charge in [-0.15, -0.1) is 0 Å². The first kappa shape index (κ1) is 25.6. The van der Waals surface area contributed by atoms with Gasteiger partial charge in [0.25, 0.3) is 0 Å². The number of ether oxygens (including phenoxy) is 6. The number of fused-ring (bicyclic) bond motifs is 4. The first-order valence-corrected chi connectivity index (χ1v) is 13.8. The maximum Gasteiger partial charge on any atom is 0.312 e. The number of likely N-dealkylation sites (N-methyl/N-ethyl adjacent to an activating group) is 1. The summed E-state index contributed by atoms with van der Waals surface area (Å²) >= 11 is 0. The van der Waals surface area contributed by atoms with Gasteiger partial charge in [0, 0.05) is 18.0 Å². The largest absolute Gasteiger partial charge is 0.466 e. The monoisotopic (exact) mass is 537 g/mol. The molecule has 0 N–H and O–H groups in total. The molecule has 0 radical (unpaired) electrons.